The van der Waals surface area contributed by atoms with Gasteiger partial charge in [0, 0.05) is 0 Å². The van der Waals surface area contributed by atoms with Gasteiger partial charge in [0.25, 0.3) is 0 Å². The molecule has 17 heavy (non-hydrogen) atoms. The largest absolute Gasteiger partial charge is 0.368 e. The van der Waals surface area contributed by atoms with Crippen molar-refractivity contribution in [2.24, 2.45) is 0 Å². The first-order valence-electron chi connectivity index (χ1n) is 7.24. The third-order valence-corrected chi connectivity index (χ3v) is 4.57. The monoisotopic (exact) mass is 234 g/mol. The molecular formula is C16H26O. The Balaban J connectivity index is 2.10. The molecule has 0 bridgehead atoms. The standard InChI is InChI=1S/C16H26O/c1-3-15(11-7-5-8-12-15)17-16(4-2)13-9-6-10-14-16/h5-7,9H,3-4,8,10-14H2,1-2H3. The number of ether oxygens (including phenoxy) is 1. The van der Waals surface area contributed by atoms with Crippen molar-refractivity contribution in [3.63, 3.8) is 0 Å². The number of hydrogen-bond acceptors (Lipinski definition) is 1. The van der Waals surface area contributed by atoms with Gasteiger partial charge in [-0.1, -0.05) is 38.2 Å². The molecule has 0 aromatic rings. The molecule has 2 unspecified atom stereocenters. The first-order chi connectivity index (χ1) is 8.24. The smallest absolute Gasteiger partial charge is 0.0724 e. The Hall–Kier alpha value is -0.560. The number of allylic oxidation sites excluding steroid dienone is 2. The highest BCUT2D eigenvalue weighted by Gasteiger charge is 2.39. The van der Waals surface area contributed by atoms with Crippen molar-refractivity contribution in [2.45, 2.75) is 76.4 Å². The molecule has 0 heterocycles. The molecule has 2 aliphatic carbocycles. The topological polar surface area (TPSA) is 9.23 Å². The molecule has 0 aromatic carbocycles. The maximum atomic E-state index is 6.70. The summed E-state index contributed by atoms with van der Waals surface area (Å²) in [6.07, 6.45) is 18.5. The third kappa shape index (κ3) is 2.82. The van der Waals surface area contributed by atoms with E-state index in [1.807, 2.05) is 0 Å². The summed E-state index contributed by atoms with van der Waals surface area (Å²) in [7, 11) is 0. The Kier molecular flexibility index (Phi) is 4.09. The molecule has 0 amide bonds. The van der Waals surface area contributed by atoms with Gasteiger partial charge >= 0.3 is 0 Å². The van der Waals surface area contributed by atoms with Crippen LogP contribution < -0.4 is 0 Å². The van der Waals surface area contributed by atoms with E-state index in [9.17, 15) is 0 Å². The molecule has 0 saturated heterocycles. The van der Waals surface area contributed by atoms with Gasteiger partial charge in [0.2, 0.25) is 0 Å². The molecular weight excluding hydrogens is 208 g/mol. The first kappa shape index (κ1) is 12.9. The lowest BCUT2D eigenvalue weighted by molar-refractivity contribution is -0.168. The van der Waals surface area contributed by atoms with Gasteiger partial charge in [-0.15, -0.1) is 0 Å². The predicted molar refractivity (Wildman–Crippen MR) is 73.1 cm³/mol. The van der Waals surface area contributed by atoms with Crippen LogP contribution in [0.2, 0.25) is 0 Å². The highest BCUT2D eigenvalue weighted by molar-refractivity contribution is 5.04. The minimum Gasteiger partial charge on any atom is -0.368 e. The minimum absolute atomic E-state index is 0.121. The molecule has 0 saturated carbocycles. The van der Waals surface area contributed by atoms with E-state index in [0.717, 1.165) is 25.7 Å². The SMILES string of the molecule is CCC1(OC2(CC)CC=CCC2)CC=CCC1. The second kappa shape index (κ2) is 5.39. The summed E-state index contributed by atoms with van der Waals surface area (Å²) < 4.78 is 6.70. The zero-order valence-electron chi connectivity index (χ0n) is 11.4. The zero-order valence-corrected chi connectivity index (χ0v) is 11.4. The highest BCUT2D eigenvalue weighted by Crippen LogP contribution is 2.41. The molecule has 2 aliphatic rings. The maximum absolute atomic E-state index is 6.70. The van der Waals surface area contributed by atoms with Crippen molar-refractivity contribution >= 4 is 0 Å². The van der Waals surface area contributed by atoms with Gasteiger partial charge in [-0.2, -0.15) is 0 Å². The van der Waals surface area contributed by atoms with Crippen molar-refractivity contribution in [1.82, 2.24) is 0 Å². The van der Waals surface area contributed by atoms with Gasteiger partial charge in [0.05, 0.1) is 11.2 Å². The molecule has 0 radical (unpaired) electrons. The molecule has 0 spiro atoms. The van der Waals surface area contributed by atoms with E-state index in [-0.39, 0.29) is 11.2 Å². The van der Waals surface area contributed by atoms with Crippen LogP contribution >= 0.6 is 0 Å². The predicted octanol–water partition coefficient (Wildman–Crippen LogP) is 4.78. The van der Waals surface area contributed by atoms with E-state index in [0.29, 0.717) is 0 Å². The summed E-state index contributed by atoms with van der Waals surface area (Å²) in [5, 5.41) is 0. The zero-order chi connectivity index (χ0) is 12.2. The van der Waals surface area contributed by atoms with E-state index >= 15 is 0 Å². The lowest BCUT2D eigenvalue weighted by Gasteiger charge is -2.45. The second-order valence-electron chi connectivity index (χ2n) is 5.60. The van der Waals surface area contributed by atoms with Crippen LogP contribution in [-0.2, 0) is 4.74 Å². The molecule has 96 valence electrons. The van der Waals surface area contributed by atoms with Crippen LogP contribution in [0.4, 0.5) is 0 Å². The summed E-state index contributed by atoms with van der Waals surface area (Å²) in [6.45, 7) is 4.56. The van der Waals surface area contributed by atoms with Crippen LogP contribution in [0.1, 0.15) is 65.2 Å². The molecule has 0 N–H and O–H groups in total. The van der Waals surface area contributed by atoms with Gasteiger partial charge in [-0.05, 0) is 51.4 Å². The van der Waals surface area contributed by atoms with Crippen LogP contribution in [0.5, 0.6) is 0 Å². The fraction of sp³-hybridized carbons (Fsp3) is 0.750. The summed E-state index contributed by atoms with van der Waals surface area (Å²) in [6, 6.07) is 0. The second-order valence-corrected chi connectivity index (χ2v) is 5.60. The van der Waals surface area contributed by atoms with E-state index in [2.05, 4.69) is 38.2 Å². The van der Waals surface area contributed by atoms with E-state index in [4.69, 9.17) is 4.74 Å². The molecule has 1 nitrogen and oxygen atoms in total. The van der Waals surface area contributed by atoms with Crippen LogP contribution in [0.15, 0.2) is 24.3 Å². The van der Waals surface area contributed by atoms with Crippen molar-refractivity contribution in [3.8, 4) is 0 Å². The summed E-state index contributed by atoms with van der Waals surface area (Å²) >= 11 is 0. The number of hydrogen-bond donors (Lipinski definition) is 0. The van der Waals surface area contributed by atoms with Gasteiger partial charge in [0.15, 0.2) is 0 Å². The van der Waals surface area contributed by atoms with Crippen LogP contribution in [-0.4, -0.2) is 11.2 Å². The van der Waals surface area contributed by atoms with Crippen LogP contribution in [0, 0.1) is 0 Å². The maximum Gasteiger partial charge on any atom is 0.0724 e. The fourth-order valence-electron chi connectivity index (χ4n) is 3.16. The Morgan fingerprint density at radius 2 is 1.29 bits per heavy atom. The van der Waals surface area contributed by atoms with Gasteiger partial charge < -0.3 is 4.74 Å². The van der Waals surface area contributed by atoms with Crippen molar-refractivity contribution in [1.29, 1.82) is 0 Å². The van der Waals surface area contributed by atoms with Crippen molar-refractivity contribution < 1.29 is 4.74 Å². The molecule has 1 heteroatoms. The highest BCUT2D eigenvalue weighted by atomic mass is 16.5. The Bertz CT molecular complexity index is 275. The van der Waals surface area contributed by atoms with Gasteiger partial charge in [-0.3, -0.25) is 0 Å². The Labute approximate surface area is 106 Å². The van der Waals surface area contributed by atoms with Crippen LogP contribution in [0.3, 0.4) is 0 Å². The normalized spacial score (nSPS) is 37.3. The average Bonchev–Trinajstić information content (AvgIpc) is 2.41. The van der Waals surface area contributed by atoms with E-state index < -0.39 is 0 Å². The quantitative estimate of drug-likeness (QED) is 0.636. The van der Waals surface area contributed by atoms with E-state index in [1.54, 1.807) is 0 Å². The molecule has 2 atom stereocenters. The van der Waals surface area contributed by atoms with Crippen molar-refractivity contribution in [2.75, 3.05) is 0 Å². The minimum atomic E-state index is 0.121. The third-order valence-electron chi connectivity index (χ3n) is 4.57. The molecule has 2 rings (SSSR count). The molecule has 0 fully saturated rings. The molecule has 0 aromatic heterocycles. The van der Waals surface area contributed by atoms with Gasteiger partial charge in [-0.25, -0.2) is 0 Å². The van der Waals surface area contributed by atoms with E-state index in [1.165, 1.54) is 25.7 Å². The van der Waals surface area contributed by atoms with Crippen molar-refractivity contribution in [3.05, 3.63) is 24.3 Å². The number of rotatable bonds is 4. The summed E-state index contributed by atoms with van der Waals surface area (Å²) in [5.74, 6) is 0. The first-order valence-corrected chi connectivity index (χ1v) is 7.24. The Morgan fingerprint density at radius 1 is 0.824 bits per heavy atom. The Morgan fingerprint density at radius 3 is 1.59 bits per heavy atom. The molecule has 0 aliphatic heterocycles. The van der Waals surface area contributed by atoms with Crippen LogP contribution in [0.25, 0.3) is 0 Å². The summed E-state index contributed by atoms with van der Waals surface area (Å²) in [5.41, 5.74) is 0.242. The summed E-state index contributed by atoms with van der Waals surface area (Å²) in [4.78, 5) is 0. The lowest BCUT2D eigenvalue weighted by atomic mass is 9.82. The average molecular weight is 234 g/mol. The fourth-order valence-corrected chi connectivity index (χ4v) is 3.16. The lowest BCUT2D eigenvalue weighted by Crippen LogP contribution is -2.45. The van der Waals surface area contributed by atoms with Gasteiger partial charge in [0.1, 0.15) is 0 Å².